The van der Waals surface area contributed by atoms with Gasteiger partial charge >= 0.3 is 0 Å². The second-order valence-electron chi connectivity index (χ2n) is 4.25. The van der Waals surface area contributed by atoms with Crippen molar-refractivity contribution in [2.75, 3.05) is 18.6 Å². The van der Waals surface area contributed by atoms with E-state index in [4.69, 9.17) is 0 Å². The van der Waals surface area contributed by atoms with Crippen LogP contribution in [0.5, 0.6) is 5.75 Å². The Labute approximate surface area is 113 Å². The van der Waals surface area contributed by atoms with Crippen molar-refractivity contribution in [3.8, 4) is 5.75 Å². The van der Waals surface area contributed by atoms with Gasteiger partial charge in [-0.3, -0.25) is 4.79 Å². The molecule has 0 spiro atoms. The number of hydrogen-bond acceptors (Lipinski definition) is 3. The van der Waals surface area contributed by atoms with Gasteiger partial charge in [0.05, 0.1) is 6.42 Å². The van der Waals surface area contributed by atoms with E-state index in [0.29, 0.717) is 6.42 Å². The van der Waals surface area contributed by atoms with Crippen LogP contribution in [0.15, 0.2) is 24.3 Å². The number of carbonyl (C=O) groups excluding carboxylic acids is 1. The van der Waals surface area contributed by atoms with E-state index < -0.39 is 0 Å². The van der Waals surface area contributed by atoms with Gasteiger partial charge in [-0.1, -0.05) is 18.6 Å². The normalized spacial score (nSPS) is 10.3. The van der Waals surface area contributed by atoms with Gasteiger partial charge in [-0.2, -0.15) is 11.8 Å². The Bertz CT molecular complexity index is 369. The van der Waals surface area contributed by atoms with E-state index in [1.807, 2.05) is 17.8 Å². The van der Waals surface area contributed by atoms with E-state index in [0.717, 1.165) is 24.9 Å². The molecule has 18 heavy (non-hydrogen) atoms. The van der Waals surface area contributed by atoms with Crippen molar-refractivity contribution >= 4 is 17.7 Å². The lowest BCUT2D eigenvalue weighted by Crippen LogP contribution is -2.26. The Morgan fingerprint density at radius 3 is 2.89 bits per heavy atom. The summed E-state index contributed by atoms with van der Waals surface area (Å²) in [5, 5.41) is 12.2. The predicted molar refractivity (Wildman–Crippen MR) is 77.1 cm³/mol. The van der Waals surface area contributed by atoms with Gasteiger partial charge in [0.1, 0.15) is 5.75 Å². The first kappa shape index (κ1) is 14.9. The van der Waals surface area contributed by atoms with E-state index in [9.17, 15) is 9.90 Å². The topological polar surface area (TPSA) is 49.3 Å². The third-order valence-corrected chi connectivity index (χ3v) is 3.32. The third kappa shape index (κ3) is 6.55. The third-order valence-electron chi connectivity index (χ3n) is 2.62. The summed E-state index contributed by atoms with van der Waals surface area (Å²) in [7, 11) is 0. The highest BCUT2D eigenvalue weighted by Gasteiger charge is 2.03. The summed E-state index contributed by atoms with van der Waals surface area (Å²) in [6, 6.07) is 6.82. The average molecular weight is 267 g/mol. The van der Waals surface area contributed by atoms with Crippen LogP contribution in [0.1, 0.15) is 24.8 Å². The molecule has 1 aromatic carbocycles. The van der Waals surface area contributed by atoms with Crippen LogP contribution in [0.2, 0.25) is 0 Å². The summed E-state index contributed by atoms with van der Waals surface area (Å²) >= 11 is 1.86. The number of benzene rings is 1. The molecule has 3 nitrogen and oxygen atoms in total. The summed E-state index contributed by atoms with van der Waals surface area (Å²) < 4.78 is 0. The van der Waals surface area contributed by atoms with E-state index in [1.165, 1.54) is 12.2 Å². The van der Waals surface area contributed by atoms with Crippen LogP contribution in [0.4, 0.5) is 0 Å². The number of phenols is 1. The summed E-state index contributed by atoms with van der Waals surface area (Å²) in [5.74, 6) is 1.42. The summed E-state index contributed by atoms with van der Waals surface area (Å²) in [6.07, 6.45) is 5.85. The van der Waals surface area contributed by atoms with Gasteiger partial charge in [-0.25, -0.2) is 0 Å². The number of rotatable bonds is 8. The first-order valence-electron chi connectivity index (χ1n) is 6.26. The van der Waals surface area contributed by atoms with Crippen LogP contribution in [0.25, 0.3) is 0 Å². The fourth-order valence-electron chi connectivity index (χ4n) is 1.69. The Balaban J connectivity index is 2.14. The Hall–Kier alpha value is -1.16. The number of carbonyl (C=O) groups is 1. The molecule has 0 radical (unpaired) electrons. The number of unbranched alkanes of at least 4 members (excludes halogenated alkanes) is 2. The molecule has 0 aliphatic heterocycles. The molecule has 4 heteroatoms. The molecule has 0 saturated heterocycles. The van der Waals surface area contributed by atoms with Crippen LogP contribution in [-0.2, 0) is 11.2 Å². The highest BCUT2D eigenvalue weighted by Crippen LogP contribution is 2.11. The molecule has 100 valence electrons. The second kappa shape index (κ2) is 8.86. The SMILES string of the molecule is CSCCCCCNC(=O)Cc1cccc(O)c1. The van der Waals surface area contributed by atoms with Crippen molar-refractivity contribution in [2.45, 2.75) is 25.7 Å². The standard InChI is InChI=1S/C14H21NO2S/c1-18-9-4-2-3-8-15-14(17)11-12-6-5-7-13(16)10-12/h5-7,10,16H,2-4,8-9,11H2,1H3,(H,15,17). The van der Waals surface area contributed by atoms with Crippen LogP contribution in [-0.4, -0.2) is 29.6 Å². The molecule has 0 bridgehead atoms. The smallest absolute Gasteiger partial charge is 0.224 e. The van der Waals surface area contributed by atoms with Crippen LogP contribution in [0.3, 0.4) is 0 Å². The number of amides is 1. The van der Waals surface area contributed by atoms with Gasteiger partial charge in [0.25, 0.3) is 0 Å². The number of hydrogen-bond donors (Lipinski definition) is 2. The molecule has 0 saturated carbocycles. The molecule has 0 aliphatic rings. The van der Waals surface area contributed by atoms with Crippen LogP contribution >= 0.6 is 11.8 Å². The van der Waals surface area contributed by atoms with E-state index >= 15 is 0 Å². The minimum absolute atomic E-state index is 0.0190. The first-order valence-corrected chi connectivity index (χ1v) is 7.65. The average Bonchev–Trinajstić information content (AvgIpc) is 2.33. The van der Waals surface area contributed by atoms with E-state index in [2.05, 4.69) is 11.6 Å². The van der Waals surface area contributed by atoms with Crippen LogP contribution < -0.4 is 5.32 Å². The van der Waals surface area contributed by atoms with Crippen molar-refractivity contribution in [3.05, 3.63) is 29.8 Å². The molecule has 2 N–H and O–H groups in total. The maximum atomic E-state index is 11.6. The fraction of sp³-hybridized carbons (Fsp3) is 0.500. The maximum absolute atomic E-state index is 11.6. The second-order valence-corrected chi connectivity index (χ2v) is 5.24. The van der Waals surface area contributed by atoms with Gasteiger partial charge in [-0.15, -0.1) is 0 Å². The molecule has 0 aliphatic carbocycles. The highest BCUT2D eigenvalue weighted by molar-refractivity contribution is 7.98. The molecule has 0 heterocycles. The molecule has 1 aromatic rings. The van der Waals surface area contributed by atoms with E-state index in [-0.39, 0.29) is 11.7 Å². The van der Waals surface area contributed by atoms with Crippen molar-refractivity contribution in [1.82, 2.24) is 5.32 Å². The molecule has 0 fully saturated rings. The maximum Gasteiger partial charge on any atom is 0.224 e. The monoisotopic (exact) mass is 267 g/mol. The molecule has 0 unspecified atom stereocenters. The zero-order valence-electron chi connectivity index (χ0n) is 10.8. The number of nitrogens with one attached hydrogen (secondary N) is 1. The number of phenolic OH excluding ortho intramolecular Hbond substituents is 1. The molecule has 1 amide bonds. The van der Waals surface area contributed by atoms with Crippen molar-refractivity contribution in [2.24, 2.45) is 0 Å². The Kier molecular flexibility index (Phi) is 7.34. The molecular formula is C14H21NO2S. The minimum Gasteiger partial charge on any atom is -0.508 e. The van der Waals surface area contributed by atoms with Gasteiger partial charge < -0.3 is 10.4 Å². The van der Waals surface area contributed by atoms with Crippen molar-refractivity contribution in [3.63, 3.8) is 0 Å². The van der Waals surface area contributed by atoms with Gasteiger partial charge in [0.15, 0.2) is 0 Å². The zero-order chi connectivity index (χ0) is 13.2. The zero-order valence-corrected chi connectivity index (χ0v) is 11.6. The lowest BCUT2D eigenvalue weighted by molar-refractivity contribution is -0.120. The quantitative estimate of drug-likeness (QED) is 0.712. The molecule has 1 rings (SSSR count). The fourth-order valence-corrected chi connectivity index (χ4v) is 2.18. The number of aromatic hydroxyl groups is 1. The molecular weight excluding hydrogens is 246 g/mol. The van der Waals surface area contributed by atoms with Gasteiger partial charge in [-0.05, 0) is 42.5 Å². The minimum atomic E-state index is 0.0190. The molecule has 0 atom stereocenters. The predicted octanol–water partition coefficient (Wildman–Crippen LogP) is 2.58. The van der Waals surface area contributed by atoms with Crippen LogP contribution in [0, 0.1) is 0 Å². The highest BCUT2D eigenvalue weighted by atomic mass is 32.2. The van der Waals surface area contributed by atoms with Crippen molar-refractivity contribution < 1.29 is 9.90 Å². The van der Waals surface area contributed by atoms with Crippen molar-refractivity contribution in [1.29, 1.82) is 0 Å². The summed E-state index contributed by atoms with van der Waals surface area (Å²) in [5.41, 5.74) is 0.842. The lowest BCUT2D eigenvalue weighted by atomic mass is 10.1. The lowest BCUT2D eigenvalue weighted by Gasteiger charge is -2.05. The first-order chi connectivity index (χ1) is 8.72. The van der Waals surface area contributed by atoms with Gasteiger partial charge in [0, 0.05) is 6.54 Å². The van der Waals surface area contributed by atoms with Gasteiger partial charge in [0.2, 0.25) is 5.91 Å². The largest absolute Gasteiger partial charge is 0.508 e. The summed E-state index contributed by atoms with van der Waals surface area (Å²) in [6.45, 7) is 0.742. The molecule has 0 aromatic heterocycles. The summed E-state index contributed by atoms with van der Waals surface area (Å²) in [4.78, 5) is 11.6. The number of thioether (sulfide) groups is 1. The Morgan fingerprint density at radius 1 is 1.33 bits per heavy atom. The van der Waals surface area contributed by atoms with E-state index in [1.54, 1.807) is 18.2 Å². The Morgan fingerprint density at radius 2 is 2.17 bits per heavy atom.